The van der Waals surface area contributed by atoms with E-state index in [0.717, 1.165) is 5.56 Å². The van der Waals surface area contributed by atoms with Crippen LogP contribution in [-0.4, -0.2) is 23.0 Å². The third-order valence-electron chi connectivity index (χ3n) is 4.56. The minimum absolute atomic E-state index is 0.178. The Morgan fingerprint density at radius 1 is 1.17 bits per heavy atom. The van der Waals surface area contributed by atoms with Gasteiger partial charge in [0.05, 0.1) is 23.3 Å². The van der Waals surface area contributed by atoms with Crippen LogP contribution in [0.2, 0.25) is 0 Å². The molecule has 4 rings (SSSR count). The fourth-order valence-corrected chi connectivity index (χ4v) is 5.14. The monoisotopic (exact) mass is 428 g/mol. The summed E-state index contributed by atoms with van der Waals surface area (Å²) in [5.74, 6) is -0.307. The SMILES string of the molecule is Cc1c(S(=O)(=O)Nc2cccnc2)cc(-c2nc(-c3ccc(F)cc3)cs2)n1C. The second kappa shape index (κ2) is 7.41. The lowest BCUT2D eigenvalue weighted by Crippen LogP contribution is -2.13. The van der Waals surface area contributed by atoms with Crippen molar-refractivity contribution in [2.45, 2.75) is 11.8 Å². The van der Waals surface area contributed by atoms with E-state index in [1.165, 1.54) is 29.7 Å². The van der Waals surface area contributed by atoms with Gasteiger partial charge in [-0.1, -0.05) is 0 Å². The topological polar surface area (TPSA) is 76.9 Å². The normalized spacial score (nSPS) is 11.6. The number of pyridine rings is 1. The molecule has 9 heteroatoms. The van der Waals surface area contributed by atoms with Crippen molar-refractivity contribution in [1.82, 2.24) is 14.5 Å². The molecule has 1 N–H and O–H groups in total. The molecule has 0 amide bonds. The first-order valence-electron chi connectivity index (χ1n) is 8.66. The third kappa shape index (κ3) is 3.79. The summed E-state index contributed by atoms with van der Waals surface area (Å²) in [5.41, 5.74) is 3.18. The zero-order valence-electron chi connectivity index (χ0n) is 15.6. The molecule has 0 spiro atoms. The summed E-state index contributed by atoms with van der Waals surface area (Å²) in [4.78, 5) is 8.72. The predicted octanol–water partition coefficient (Wildman–Crippen LogP) is 4.46. The maximum Gasteiger partial charge on any atom is 0.263 e. The number of thiazole rings is 1. The predicted molar refractivity (Wildman–Crippen MR) is 112 cm³/mol. The highest BCUT2D eigenvalue weighted by Gasteiger charge is 2.23. The molecule has 4 aromatic rings. The van der Waals surface area contributed by atoms with Crippen LogP contribution in [0, 0.1) is 12.7 Å². The van der Waals surface area contributed by atoms with Gasteiger partial charge in [-0.3, -0.25) is 9.71 Å². The molecule has 0 aliphatic rings. The van der Waals surface area contributed by atoms with Gasteiger partial charge in [-0.15, -0.1) is 11.3 Å². The summed E-state index contributed by atoms with van der Waals surface area (Å²) in [5, 5.41) is 2.55. The molecule has 1 aromatic carbocycles. The number of sulfonamides is 1. The average Bonchev–Trinajstić information content (AvgIpc) is 3.29. The van der Waals surface area contributed by atoms with Crippen molar-refractivity contribution >= 4 is 27.0 Å². The molecule has 0 saturated heterocycles. The van der Waals surface area contributed by atoms with E-state index in [0.29, 0.717) is 27.8 Å². The quantitative estimate of drug-likeness (QED) is 0.509. The molecule has 3 aromatic heterocycles. The van der Waals surface area contributed by atoms with Crippen LogP contribution in [0.5, 0.6) is 0 Å². The molecule has 0 aliphatic heterocycles. The van der Waals surface area contributed by atoms with Crippen molar-refractivity contribution in [2.75, 3.05) is 4.72 Å². The first-order valence-corrected chi connectivity index (χ1v) is 11.0. The van der Waals surface area contributed by atoms with E-state index in [9.17, 15) is 12.8 Å². The Morgan fingerprint density at radius 3 is 2.62 bits per heavy atom. The van der Waals surface area contributed by atoms with E-state index in [1.54, 1.807) is 55.1 Å². The molecule has 0 aliphatic carbocycles. The van der Waals surface area contributed by atoms with Crippen LogP contribution in [0.4, 0.5) is 10.1 Å². The van der Waals surface area contributed by atoms with Gasteiger partial charge in [0.15, 0.2) is 0 Å². The minimum atomic E-state index is -3.78. The number of hydrogen-bond acceptors (Lipinski definition) is 5. The number of nitrogens with zero attached hydrogens (tertiary/aromatic N) is 3. The average molecular weight is 429 g/mol. The van der Waals surface area contributed by atoms with Gasteiger partial charge in [0.1, 0.15) is 15.7 Å². The van der Waals surface area contributed by atoms with Crippen molar-refractivity contribution < 1.29 is 12.8 Å². The third-order valence-corrected chi connectivity index (χ3v) is 6.92. The molecule has 0 bridgehead atoms. The summed E-state index contributed by atoms with van der Waals surface area (Å²) in [6, 6.07) is 11.0. The molecule has 0 unspecified atom stereocenters. The van der Waals surface area contributed by atoms with E-state index in [1.807, 2.05) is 5.38 Å². The summed E-state index contributed by atoms with van der Waals surface area (Å²) in [6.07, 6.45) is 3.03. The Morgan fingerprint density at radius 2 is 1.93 bits per heavy atom. The first kappa shape index (κ1) is 19.3. The van der Waals surface area contributed by atoms with Crippen LogP contribution in [-0.2, 0) is 17.1 Å². The fourth-order valence-electron chi connectivity index (χ4n) is 2.93. The zero-order valence-corrected chi connectivity index (χ0v) is 17.3. The molecular formula is C20H17FN4O2S2. The molecule has 3 heterocycles. The van der Waals surface area contributed by atoms with Gasteiger partial charge in [-0.2, -0.15) is 0 Å². The number of halogens is 1. The first-order chi connectivity index (χ1) is 13.8. The molecule has 0 fully saturated rings. The molecule has 0 atom stereocenters. The van der Waals surface area contributed by atoms with Gasteiger partial charge >= 0.3 is 0 Å². The van der Waals surface area contributed by atoms with Gasteiger partial charge in [0, 0.05) is 29.9 Å². The summed E-state index contributed by atoms with van der Waals surface area (Å²) in [7, 11) is -1.98. The van der Waals surface area contributed by atoms with Crippen molar-refractivity contribution in [1.29, 1.82) is 0 Å². The van der Waals surface area contributed by atoms with Gasteiger partial charge in [0.25, 0.3) is 10.0 Å². The number of anilines is 1. The largest absolute Gasteiger partial charge is 0.345 e. The van der Waals surface area contributed by atoms with E-state index >= 15 is 0 Å². The van der Waals surface area contributed by atoms with Crippen LogP contribution in [0.3, 0.4) is 0 Å². The highest BCUT2D eigenvalue weighted by Crippen LogP contribution is 2.33. The Kier molecular flexibility index (Phi) is 4.93. The van der Waals surface area contributed by atoms with Crippen LogP contribution >= 0.6 is 11.3 Å². The lowest BCUT2D eigenvalue weighted by atomic mass is 10.2. The number of rotatable bonds is 5. The number of aromatic nitrogens is 3. The standard InChI is InChI=1S/C20H17FN4O2S2/c1-13-19(29(26,27)24-16-4-3-9-22-11-16)10-18(25(13)2)20-23-17(12-28-20)14-5-7-15(21)8-6-14/h3-12,24H,1-2H3. The lowest BCUT2D eigenvalue weighted by molar-refractivity contribution is 0.600. The fraction of sp³-hybridized carbons (Fsp3) is 0.100. The second-order valence-corrected chi connectivity index (χ2v) is 8.94. The minimum Gasteiger partial charge on any atom is -0.345 e. The van der Waals surface area contributed by atoms with Gasteiger partial charge in [0.2, 0.25) is 0 Å². The van der Waals surface area contributed by atoms with E-state index < -0.39 is 10.0 Å². The van der Waals surface area contributed by atoms with Crippen LogP contribution in [0.1, 0.15) is 5.69 Å². The number of hydrogen-bond donors (Lipinski definition) is 1. The van der Waals surface area contributed by atoms with Crippen molar-refractivity contribution in [3.8, 4) is 22.0 Å². The molecule has 148 valence electrons. The Bertz CT molecular complexity index is 1260. The summed E-state index contributed by atoms with van der Waals surface area (Å²) >= 11 is 1.40. The smallest absolute Gasteiger partial charge is 0.263 e. The van der Waals surface area contributed by atoms with Gasteiger partial charge < -0.3 is 4.57 Å². The van der Waals surface area contributed by atoms with Gasteiger partial charge in [-0.05, 0) is 49.4 Å². The number of benzene rings is 1. The van der Waals surface area contributed by atoms with Crippen LogP contribution < -0.4 is 4.72 Å². The van der Waals surface area contributed by atoms with Crippen LogP contribution in [0.15, 0.2) is 65.1 Å². The molecule has 6 nitrogen and oxygen atoms in total. The molecule has 29 heavy (non-hydrogen) atoms. The maximum absolute atomic E-state index is 13.2. The Balaban J connectivity index is 1.69. The van der Waals surface area contributed by atoms with Crippen molar-refractivity contribution in [2.24, 2.45) is 7.05 Å². The highest BCUT2D eigenvalue weighted by molar-refractivity contribution is 7.92. The van der Waals surface area contributed by atoms with E-state index in [4.69, 9.17) is 0 Å². The second-order valence-electron chi connectivity index (χ2n) is 6.43. The zero-order chi connectivity index (χ0) is 20.6. The molecule has 0 saturated carbocycles. The molecular weight excluding hydrogens is 411 g/mol. The Labute approximate surface area is 171 Å². The summed E-state index contributed by atoms with van der Waals surface area (Å²) < 4.78 is 43.2. The highest BCUT2D eigenvalue weighted by atomic mass is 32.2. The van der Waals surface area contributed by atoms with Crippen LogP contribution in [0.25, 0.3) is 22.0 Å². The van der Waals surface area contributed by atoms with Gasteiger partial charge in [-0.25, -0.2) is 17.8 Å². The molecule has 0 radical (unpaired) electrons. The van der Waals surface area contributed by atoms with E-state index in [-0.39, 0.29) is 10.7 Å². The van der Waals surface area contributed by atoms with Crippen molar-refractivity contribution in [3.05, 3.63) is 71.7 Å². The lowest BCUT2D eigenvalue weighted by Gasteiger charge is -2.07. The summed E-state index contributed by atoms with van der Waals surface area (Å²) in [6.45, 7) is 1.75. The van der Waals surface area contributed by atoms with Crippen molar-refractivity contribution in [3.63, 3.8) is 0 Å². The number of nitrogens with one attached hydrogen (secondary N) is 1. The Hall–Kier alpha value is -3.04. The van der Waals surface area contributed by atoms with E-state index in [2.05, 4.69) is 14.7 Å². The maximum atomic E-state index is 13.2.